The molecule has 88 valence electrons. The number of ketones is 1. The first kappa shape index (κ1) is 11.8. The number of rotatable bonds is 4. The van der Waals surface area contributed by atoms with Crippen molar-refractivity contribution < 1.29 is 9.90 Å². The van der Waals surface area contributed by atoms with Gasteiger partial charge in [0.05, 0.1) is 6.61 Å². The molecular weight excluding hydrogens is 212 g/mol. The Hall–Kier alpha value is -1.67. The second-order valence-corrected chi connectivity index (χ2v) is 4.38. The molecule has 17 heavy (non-hydrogen) atoms. The summed E-state index contributed by atoms with van der Waals surface area (Å²) in [7, 11) is 0. The topological polar surface area (TPSA) is 37.3 Å². The van der Waals surface area contributed by atoms with Crippen LogP contribution in [0.2, 0.25) is 0 Å². The number of carbonyl (C=O) groups is 1. The molecule has 0 saturated carbocycles. The van der Waals surface area contributed by atoms with Crippen molar-refractivity contribution in [1.82, 2.24) is 0 Å². The van der Waals surface area contributed by atoms with Gasteiger partial charge in [-0.3, -0.25) is 0 Å². The van der Waals surface area contributed by atoms with Gasteiger partial charge in [0.1, 0.15) is 5.78 Å². The summed E-state index contributed by atoms with van der Waals surface area (Å²) >= 11 is 0. The molecule has 0 spiro atoms. The number of aryl methyl sites for hydroxylation is 1. The Kier molecular flexibility index (Phi) is 3.55. The number of hydrogen-bond donors (Lipinski definition) is 1. The molecule has 2 heteroatoms. The summed E-state index contributed by atoms with van der Waals surface area (Å²) in [5.41, 5.74) is 2.11. The van der Waals surface area contributed by atoms with E-state index >= 15 is 0 Å². The van der Waals surface area contributed by atoms with Crippen molar-refractivity contribution in [2.45, 2.75) is 26.4 Å². The molecule has 0 heterocycles. The van der Waals surface area contributed by atoms with Crippen LogP contribution >= 0.6 is 0 Å². The van der Waals surface area contributed by atoms with Gasteiger partial charge in [0.25, 0.3) is 0 Å². The van der Waals surface area contributed by atoms with Crippen LogP contribution in [0.5, 0.6) is 0 Å². The molecule has 0 radical (unpaired) electrons. The van der Waals surface area contributed by atoms with Crippen molar-refractivity contribution in [3.63, 3.8) is 0 Å². The maximum Gasteiger partial charge on any atom is 0.130 e. The Morgan fingerprint density at radius 1 is 1.06 bits per heavy atom. The van der Waals surface area contributed by atoms with Crippen LogP contribution in [0.4, 0.5) is 0 Å². The van der Waals surface area contributed by atoms with Gasteiger partial charge in [0, 0.05) is 6.42 Å². The number of fused-ring (bicyclic) bond motifs is 1. The second kappa shape index (κ2) is 5.11. The van der Waals surface area contributed by atoms with Gasteiger partial charge in [-0.05, 0) is 41.3 Å². The third-order valence-corrected chi connectivity index (χ3v) is 2.92. The minimum absolute atomic E-state index is 0.0715. The standard InChI is InChI=1S/C15H16O2/c1-11(17)2-3-12-4-6-15-9-13(10-16)5-7-14(15)8-12/h4-9,16H,2-3,10H2,1H3. The number of benzene rings is 2. The molecule has 0 fully saturated rings. The largest absolute Gasteiger partial charge is 0.392 e. The predicted octanol–water partition coefficient (Wildman–Crippen LogP) is 2.85. The van der Waals surface area contributed by atoms with Gasteiger partial charge in [-0.15, -0.1) is 0 Å². The van der Waals surface area contributed by atoms with Gasteiger partial charge in [-0.2, -0.15) is 0 Å². The molecule has 0 aliphatic carbocycles. The summed E-state index contributed by atoms with van der Waals surface area (Å²) in [5.74, 6) is 0.223. The molecule has 2 aromatic carbocycles. The van der Waals surface area contributed by atoms with Crippen molar-refractivity contribution in [3.8, 4) is 0 Å². The molecule has 0 bridgehead atoms. The maximum absolute atomic E-state index is 10.9. The fraction of sp³-hybridized carbons (Fsp3) is 0.267. The van der Waals surface area contributed by atoms with Gasteiger partial charge < -0.3 is 9.90 Å². The first-order chi connectivity index (χ1) is 8.19. The van der Waals surface area contributed by atoms with E-state index in [1.54, 1.807) is 6.92 Å². The van der Waals surface area contributed by atoms with Gasteiger partial charge >= 0.3 is 0 Å². The van der Waals surface area contributed by atoms with E-state index in [0.29, 0.717) is 6.42 Å². The van der Waals surface area contributed by atoms with Crippen molar-refractivity contribution in [2.75, 3.05) is 0 Å². The predicted molar refractivity (Wildman–Crippen MR) is 68.9 cm³/mol. The highest BCUT2D eigenvalue weighted by Crippen LogP contribution is 2.19. The molecule has 0 atom stereocenters. The Morgan fingerprint density at radius 3 is 2.24 bits per heavy atom. The monoisotopic (exact) mass is 228 g/mol. The summed E-state index contributed by atoms with van der Waals surface area (Å²) in [4.78, 5) is 10.9. The van der Waals surface area contributed by atoms with Crippen molar-refractivity contribution in [1.29, 1.82) is 0 Å². The summed E-state index contributed by atoms with van der Waals surface area (Å²) in [6, 6.07) is 12.1. The smallest absolute Gasteiger partial charge is 0.130 e. The molecule has 0 saturated heterocycles. The number of aliphatic hydroxyl groups excluding tert-OH is 1. The van der Waals surface area contributed by atoms with Crippen LogP contribution < -0.4 is 0 Å². The maximum atomic E-state index is 10.9. The SMILES string of the molecule is CC(=O)CCc1ccc2cc(CO)ccc2c1. The van der Waals surface area contributed by atoms with Crippen LogP contribution in [0.15, 0.2) is 36.4 Å². The minimum Gasteiger partial charge on any atom is -0.392 e. The fourth-order valence-corrected chi connectivity index (χ4v) is 1.92. The normalized spacial score (nSPS) is 10.7. The molecule has 2 nitrogen and oxygen atoms in total. The molecule has 0 aromatic heterocycles. The molecule has 0 aliphatic heterocycles. The van der Waals surface area contributed by atoms with E-state index < -0.39 is 0 Å². The highest BCUT2D eigenvalue weighted by molar-refractivity contribution is 5.84. The Labute approximate surface area is 101 Å². The Bertz CT molecular complexity index is 544. The molecular formula is C15H16O2. The van der Waals surface area contributed by atoms with E-state index in [1.807, 2.05) is 30.3 Å². The molecule has 1 N–H and O–H groups in total. The van der Waals surface area contributed by atoms with Gasteiger partial charge in [0.15, 0.2) is 0 Å². The first-order valence-corrected chi connectivity index (χ1v) is 5.81. The highest BCUT2D eigenvalue weighted by atomic mass is 16.3. The number of carbonyl (C=O) groups excluding carboxylic acids is 1. The molecule has 0 aliphatic rings. The summed E-state index contributed by atoms with van der Waals surface area (Å²) in [5, 5.41) is 11.3. The summed E-state index contributed by atoms with van der Waals surface area (Å²) in [6.45, 7) is 1.69. The fourth-order valence-electron chi connectivity index (χ4n) is 1.92. The van der Waals surface area contributed by atoms with Gasteiger partial charge in [0.2, 0.25) is 0 Å². The van der Waals surface area contributed by atoms with E-state index in [-0.39, 0.29) is 12.4 Å². The zero-order valence-electron chi connectivity index (χ0n) is 9.94. The zero-order valence-corrected chi connectivity index (χ0v) is 9.94. The first-order valence-electron chi connectivity index (χ1n) is 5.81. The van der Waals surface area contributed by atoms with E-state index in [1.165, 1.54) is 5.56 Å². The van der Waals surface area contributed by atoms with Crippen LogP contribution in [-0.4, -0.2) is 10.9 Å². The van der Waals surface area contributed by atoms with Crippen LogP contribution in [0.25, 0.3) is 10.8 Å². The molecule has 0 amide bonds. The quantitative estimate of drug-likeness (QED) is 0.873. The Morgan fingerprint density at radius 2 is 1.65 bits per heavy atom. The van der Waals surface area contributed by atoms with Gasteiger partial charge in [-0.25, -0.2) is 0 Å². The highest BCUT2D eigenvalue weighted by Gasteiger charge is 2.00. The summed E-state index contributed by atoms with van der Waals surface area (Å²) < 4.78 is 0. The average Bonchev–Trinajstić information content (AvgIpc) is 2.35. The van der Waals surface area contributed by atoms with E-state index in [0.717, 1.165) is 22.8 Å². The number of hydrogen-bond acceptors (Lipinski definition) is 2. The van der Waals surface area contributed by atoms with E-state index in [9.17, 15) is 4.79 Å². The van der Waals surface area contributed by atoms with Crippen LogP contribution in [0.1, 0.15) is 24.5 Å². The minimum atomic E-state index is 0.0715. The molecule has 0 unspecified atom stereocenters. The number of Topliss-reactive ketones (excluding diaryl/α,β-unsaturated/α-hetero) is 1. The van der Waals surface area contributed by atoms with Crippen molar-refractivity contribution in [2.24, 2.45) is 0 Å². The lowest BCUT2D eigenvalue weighted by atomic mass is 10.0. The third kappa shape index (κ3) is 2.92. The van der Waals surface area contributed by atoms with Crippen LogP contribution in [0.3, 0.4) is 0 Å². The lowest BCUT2D eigenvalue weighted by Gasteiger charge is -2.04. The third-order valence-electron chi connectivity index (χ3n) is 2.92. The second-order valence-electron chi connectivity index (χ2n) is 4.38. The molecule has 2 aromatic rings. The summed E-state index contributed by atoms with van der Waals surface area (Å²) in [6.07, 6.45) is 1.40. The zero-order chi connectivity index (χ0) is 12.3. The lowest BCUT2D eigenvalue weighted by Crippen LogP contribution is -1.94. The van der Waals surface area contributed by atoms with E-state index in [2.05, 4.69) is 6.07 Å². The van der Waals surface area contributed by atoms with Crippen LogP contribution in [0, 0.1) is 0 Å². The van der Waals surface area contributed by atoms with Crippen molar-refractivity contribution in [3.05, 3.63) is 47.5 Å². The van der Waals surface area contributed by atoms with Crippen LogP contribution in [-0.2, 0) is 17.8 Å². The lowest BCUT2D eigenvalue weighted by molar-refractivity contribution is -0.116. The Balaban J connectivity index is 2.28. The average molecular weight is 228 g/mol. The van der Waals surface area contributed by atoms with E-state index in [4.69, 9.17) is 5.11 Å². The molecule has 2 rings (SSSR count). The van der Waals surface area contributed by atoms with Gasteiger partial charge in [-0.1, -0.05) is 30.3 Å². The number of aliphatic hydroxyl groups is 1. The van der Waals surface area contributed by atoms with Crippen molar-refractivity contribution >= 4 is 16.6 Å².